The number of hydrogen-bond acceptors (Lipinski definition) is 5. The Bertz CT molecular complexity index is 757. The Morgan fingerprint density at radius 2 is 2.14 bits per heavy atom. The Kier molecular flexibility index (Phi) is 4.60. The van der Waals surface area contributed by atoms with Crippen molar-refractivity contribution in [1.82, 2.24) is 4.98 Å². The molecule has 2 aromatic rings. The van der Waals surface area contributed by atoms with Gasteiger partial charge in [0.1, 0.15) is 5.82 Å². The van der Waals surface area contributed by atoms with Gasteiger partial charge in [-0.15, -0.1) is 11.3 Å². The molecule has 0 aliphatic rings. The van der Waals surface area contributed by atoms with Crippen LogP contribution in [-0.2, 0) is 23.0 Å². The molecule has 0 unspecified atom stereocenters. The maximum atomic E-state index is 13.4. The van der Waals surface area contributed by atoms with Gasteiger partial charge in [0.15, 0.2) is 5.13 Å². The molecule has 1 aromatic heterocycles. The Morgan fingerprint density at radius 3 is 2.71 bits per heavy atom. The quantitative estimate of drug-likeness (QED) is 0.882. The fraction of sp³-hybridized carbons (Fsp3) is 0.308. The average molecular weight is 329 g/mol. The van der Waals surface area contributed by atoms with E-state index < -0.39 is 15.8 Å². The SMILES string of the molecule is CCc1nc(NS(=O)(=O)c2ccc(F)c(CN)c2)sc1C. The maximum Gasteiger partial charge on any atom is 0.263 e. The standard InChI is InChI=1S/C13H16FN3O2S2/c1-3-12-8(2)20-13(16-12)17-21(18,19)10-4-5-11(14)9(6-10)7-15/h4-6H,3,7,15H2,1-2H3,(H,16,17). The van der Waals surface area contributed by atoms with Gasteiger partial charge in [-0.1, -0.05) is 6.92 Å². The van der Waals surface area contributed by atoms with Gasteiger partial charge in [-0.3, -0.25) is 4.72 Å². The largest absolute Gasteiger partial charge is 0.326 e. The first-order valence-corrected chi connectivity index (χ1v) is 8.65. The summed E-state index contributed by atoms with van der Waals surface area (Å²) in [6, 6.07) is 3.54. The van der Waals surface area contributed by atoms with Crippen molar-refractivity contribution in [3.05, 3.63) is 40.2 Å². The molecule has 0 bridgehead atoms. The number of halogens is 1. The molecular weight excluding hydrogens is 313 g/mol. The first-order chi connectivity index (χ1) is 9.87. The minimum Gasteiger partial charge on any atom is -0.326 e. The van der Waals surface area contributed by atoms with E-state index in [1.165, 1.54) is 23.5 Å². The van der Waals surface area contributed by atoms with Crippen LogP contribution in [0.3, 0.4) is 0 Å². The predicted molar refractivity (Wildman–Crippen MR) is 81.3 cm³/mol. The number of aryl methyl sites for hydroxylation is 2. The van der Waals surface area contributed by atoms with Crippen LogP contribution in [-0.4, -0.2) is 13.4 Å². The minimum absolute atomic E-state index is 0.0322. The summed E-state index contributed by atoms with van der Waals surface area (Å²) >= 11 is 1.27. The molecule has 8 heteroatoms. The van der Waals surface area contributed by atoms with E-state index in [1.807, 2.05) is 13.8 Å². The lowest BCUT2D eigenvalue weighted by Gasteiger charge is -2.07. The Labute approximate surface area is 127 Å². The minimum atomic E-state index is -3.80. The molecule has 0 atom stereocenters. The zero-order chi connectivity index (χ0) is 15.6. The van der Waals surface area contributed by atoms with Crippen molar-refractivity contribution < 1.29 is 12.8 Å². The molecule has 0 aliphatic carbocycles. The molecular formula is C13H16FN3O2S2. The van der Waals surface area contributed by atoms with Crippen molar-refractivity contribution in [3.8, 4) is 0 Å². The Morgan fingerprint density at radius 1 is 1.43 bits per heavy atom. The van der Waals surface area contributed by atoms with Crippen molar-refractivity contribution in [2.75, 3.05) is 4.72 Å². The average Bonchev–Trinajstić information content (AvgIpc) is 2.78. The van der Waals surface area contributed by atoms with E-state index in [0.717, 1.165) is 23.1 Å². The first-order valence-electron chi connectivity index (χ1n) is 6.35. The summed E-state index contributed by atoms with van der Waals surface area (Å²) in [5.74, 6) is -0.519. The number of nitrogens with two attached hydrogens (primary N) is 1. The molecule has 21 heavy (non-hydrogen) atoms. The number of rotatable bonds is 5. The lowest BCUT2D eigenvalue weighted by atomic mass is 10.2. The number of sulfonamides is 1. The molecule has 3 N–H and O–H groups in total. The number of benzene rings is 1. The first kappa shape index (κ1) is 15.9. The van der Waals surface area contributed by atoms with Crippen molar-refractivity contribution >= 4 is 26.5 Å². The van der Waals surface area contributed by atoms with Crippen molar-refractivity contribution in [3.63, 3.8) is 0 Å². The summed E-state index contributed by atoms with van der Waals surface area (Å²) < 4.78 is 40.4. The highest BCUT2D eigenvalue weighted by Gasteiger charge is 2.18. The second-order valence-corrected chi connectivity index (χ2v) is 7.32. The van der Waals surface area contributed by atoms with Crippen molar-refractivity contribution in [2.45, 2.75) is 31.7 Å². The summed E-state index contributed by atoms with van der Waals surface area (Å²) in [5, 5.41) is 0.308. The molecule has 0 saturated carbocycles. The smallest absolute Gasteiger partial charge is 0.263 e. The molecule has 0 spiro atoms. The molecule has 2 rings (SSSR count). The van der Waals surface area contributed by atoms with Crippen LogP contribution in [0.2, 0.25) is 0 Å². The van der Waals surface area contributed by atoms with E-state index in [9.17, 15) is 12.8 Å². The number of thiazole rings is 1. The predicted octanol–water partition coefficient (Wildman–Crippen LogP) is 2.41. The van der Waals surface area contributed by atoms with E-state index in [2.05, 4.69) is 9.71 Å². The summed E-state index contributed by atoms with van der Waals surface area (Å²) in [6.07, 6.45) is 0.734. The van der Waals surface area contributed by atoms with E-state index >= 15 is 0 Å². The lowest BCUT2D eigenvalue weighted by molar-refractivity contribution is 0.596. The monoisotopic (exact) mass is 329 g/mol. The molecule has 114 valence electrons. The van der Waals surface area contributed by atoms with Gasteiger partial charge in [-0.25, -0.2) is 17.8 Å². The Balaban J connectivity index is 2.33. The molecule has 1 heterocycles. The zero-order valence-corrected chi connectivity index (χ0v) is 13.3. The van der Waals surface area contributed by atoms with Gasteiger partial charge >= 0.3 is 0 Å². The fourth-order valence-electron chi connectivity index (χ4n) is 1.85. The van der Waals surface area contributed by atoms with E-state index in [4.69, 9.17) is 5.73 Å². The van der Waals surface area contributed by atoms with E-state index in [0.29, 0.717) is 5.13 Å². The fourth-order valence-corrected chi connectivity index (χ4v) is 4.04. The van der Waals surface area contributed by atoms with Crippen LogP contribution < -0.4 is 10.5 Å². The van der Waals surface area contributed by atoms with Gasteiger partial charge in [0, 0.05) is 17.0 Å². The number of aromatic nitrogens is 1. The van der Waals surface area contributed by atoms with Crippen LogP contribution in [0.15, 0.2) is 23.1 Å². The highest BCUT2D eigenvalue weighted by Crippen LogP contribution is 2.25. The summed E-state index contributed by atoms with van der Waals surface area (Å²) in [5.41, 5.74) is 6.41. The molecule has 0 radical (unpaired) electrons. The second kappa shape index (κ2) is 6.08. The van der Waals surface area contributed by atoms with Crippen LogP contribution in [0.5, 0.6) is 0 Å². The summed E-state index contributed by atoms with van der Waals surface area (Å²) in [4.78, 5) is 5.17. The third-order valence-corrected chi connectivity index (χ3v) is 5.39. The third kappa shape index (κ3) is 3.39. The van der Waals surface area contributed by atoms with Crippen LogP contribution in [0.4, 0.5) is 9.52 Å². The van der Waals surface area contributed by atoms with Crippen LogP contribution in [0.1, 0.15) is 23.1 Å². The zero-order valence-electron chi connectivity index (χ0n) is 11.7. The van der Waals surface area contributed by atoms with E-state index in [1.54, 1.807) is 0 Å². The van der Waals surface area contributed by atoms with Gasteiger partial charge in [-0.2, -0.15) is 0 Å². The van der Waals surface area contributed by atoms with Gasteiger partial charge in [0.25, 0.3) is 10.0 Å². The van der Waals surface area contributed by atoms with Gasteiger partial charge < -0.3 is 5.73 Å². The molecule has 0 saturated heterocycles. The summed E-state index contributed by atoms with van der Waals surface area (Å²) in [6.45, 7) is 3.78. The third-order valence-electron chi connectivity index (χ3n) is 3.00. The molecule has 1 aromatic carbocycles. The lowest BCUT2D eigenvalue weighted by Crippen LogP contribution is -2.14. The topological polar surface area (TPSA) is 85.1 Å². The van der Waals surface area contributed by atoms with Gasteiger partial charge in [0.2, 0.25) is 0 Å². The van der Waals surface area contributed by atoms with Crippen molar-refractivity contribution in [2.24, 2.45) is 5.73 Å². The highest BCUT2D eigenvalue weighted by molar-refractivity contribution is 7.93. The number of hydrogen-bond donors (Lipinski definition) is 2. The van der Waals surface area contributed by atoms with Crippen LogP contribution in [0, 0.1) is 12.7 Å². The van der Waals surface area contributed by atoms with Crippen LogP contribution in [0.25, 0.3) is 0 Å². The molecule has 5 nitrogen and oxygen atoms in total. The highest BCUT2D eigenvalue weighted by atomic mass is 32.2. The van der Waals surface area contributed by atoms with Crippen LogP contribution >= 0.6 is 11.3 Å². The second-order valence-electron chi connectivity index (χ2n) is 4.44. The summed E-state index contributed by atoms with van der Waals surface area (Å²) in [7, 11) is -3.80. The number of anilines is 1. The normalized spacial score (nSPS) is 11.6. The van der Waals surface area contributed by atoms with E-state index in [-0.39, 0.29) is 17.0 Å². The van der Waals surface area contributed by atoms with Gasteiger partial charge in [-0.05, 0) is 31.5 Å². The molecule has 0 aliphatic heterocycles. The molecule has 0 amide bonds. The van der Waals surface area contributed by atoms with Gasteiger partial charge in [0.05, 0.1) is 10.6 Å². The maximum absolute atomic E-state index is 13.4. The number of nitrogens with one attached hydrogen (secondary N) is 1. The molecule has 0 fully saturated rings. The number of nitrogens with zero attached hydrogens (tertiary/aromatic N) is 1. The van der Waals surface area contributed by atoms with Crippen molar-refractivity contribution in [1.29, 1.82) is 0 Å². The Hall–Kier alpha value is -1.51.